The van der Waals surface area contributed by atoms with Gasteiger partial charge in [-0.1, -0.05) is 12.1 Å². The van der Waals surface area contributed by atoms with Crippen LogP contribution in [-0.4, -0.2) is 58.8 Å². The number of carbonyl (C=O) groups is 1. The molecule has 2 heterocycles. The maximum absolute atomic E-state index is 13.5. The lowest BCUT2D eigenvalue weighted by Crippen LogP contribution is -2.32. The number of likely N-dealkylation sites (N-methyl/N-ethyl adjacent to an activating group) is 1. The van der Waals surface area contributed by atoms with Crippen LogP contribution in [0.25, 0.3) is 10.9 Å². The molecule has 0 aliphatic rings. The average Bonchev–Trinajstić information content (AvgIpc) is 2.89. The first kappa shape index (κ1) is 26.9. The maximum atomic E-state index is 13.5. The van der Waals surface area contributed by atoms with Gasteiger partial charge in [-0.15, -0.1) is 0 Å². The number of fused-ring (bicyclic) bond motifs is 1. The molecule has 0 fully saturated rings. The maximum Gasteiger partial charge on any atom is 0.263 e. The van der Waals surface area contributed by atoms with Gasteiger partial charge in [0.05, 0.1) is 12.1 Å². The van der Waals surface area contributed by atoms with Gasteiger partial charge in [-0.25, -0.2) is 8.78 Å². The van der Waals surface area contributed by atoms with Gasteiger partial charge in [-0.2, -0.15) is 0 Å². The minimum absolute atomic E-state index is 0.0131. The van der Waals surface area contributed by atoms with Crippen molar-refractivity contribution in [1.29, 1.82) is 0 Å². The molecule has 2 aromatic carbocycles. The third kappa shape index (κ3) is 6.58. The second-order valence-electron chi connectivity index (χ2n) is 9.17. The third-order valence-electron chi connectivity index (χ3n) is 5.83. The first-order valence-electron chi connectivity index (χ1n) is 12.0. The third-order valence-corrected chi connectivity index (χ3v) is 5.83. The fourth-order valence-corrected chi connectivity index (χ4v) is 4.01. The van der Waals surface area contributed by atoms with Crippen LogP contribution in [0.3, 0.4) is 0 Å². The molecule has 2 N–H and O–H groups in total. The minimum Gasteiger partial charge on any atom is -0.490 e. The quantitative estimate of drug-likeness (QED) is 0.333. The van der Waals surface area contributed by atoms with E-state index < -0.39 is 29.2 Å². The Morgan fingerprint density at radius 1 is 1.11 bits per heavy atom. The van der Waals surface area contributed by atoms with Crippen molar-refractivity contribution in [1.82, 2.24) is 19.8 Å². The molecule has 1 amide bonds. The van der Waals surface area contributed by atoms with E-state index in [-0.39, 0.29) is 25.3 Å². The van der Waals surface area contributed by atoms with Crippen molar-refractivity contribution in [3.05, 3.63) is 106 Å². The highest BCUT2D eigenvalue weighted by Crippen LogP contribution is 2.25. The van der Waals surface area contributed by atoms with Gasteiger partial charge in [0.15, 0.2) is 11.6 Å². The second-order valence-corrected chi connectivity index (χ2v) is 9.17. The largest absolute Gasteiger partial charge is 0.490 e. The SMILES string of the molecule is CN(C)CC(O)COc1ccnc2ccc(CNC(=O)c3cccn(Cc4ccc(F)c(F)c4)c3=O)cc12. The van der Waals surface area contributed by atoms with Crippen molar-refractivity contribution in [2.45, 2.75) is 19.2 Å². The highest BCUT2D eigenvalue weighted by atomic mass is 19.2. The number of aromatic nitrogens is 2. The summed E-state index contributed by atoms with van der Waals surface area (Å²) in [6, 6.07) is 13.5. The Morgan fingerprint density at radius 3 is 2.66 bits per heavy atom. The van der Waals surface area contributed by atoms with E-state index in [4.69, 9.17) is 4.74 Å². The summed E-state index contributed by atoms with van der Waals surface area (Å²) in [6.07, 6.45) is 2.44. The smallest absolute Gasteiger partial charge is 0.263 e. The average molecular weight is 523 g/mol. The number of hydrogen-bond acceptors (Lipinski definition) is 6. The molecule has 0 bridgehead atoms. The fraction of sp³-hybridized carbons (Fsp3) is 0.250. The van der Waals surface area contributed by atoms with E-state index in [1.807, 2.05) is 31.1 Å². The molecule has 0 saturated heterocycles. The Bertz CT molecular complexity index is 1510. The molecule has 1 atom stereocenters. The number of amides is 1. The zero-order valence-corrected chi connectivity index (χ0v) is 21.0. The summed E-state index contributed by atoms with van der Waals surface area (Å²) in [7, 11) is 3.73. The van der Waals surface area contributed by atoms with Crippen LogP contribution in [-0.2, 0) is 13.1 Å². The fourth-order valence-electron chi connectivity index (χ4n) is 4.01. The van der Waals surface area contributed by atoms with Crippen LogP contribution in [0.1, 0.15) is 21.5 Å². The normalized spacial score (nSPS) is 12.1. The van der Waals surface area contributed by atoms with E-state index in [1.165, 1.54) is 22.9 Å². The Balaban J connectivity index is 1.46. The summed E-state index contributed by atoms with van der Waals surface area (Å²) < 4.78 is 33.9. The molecular formula is C28H28F2N4O4. The van der Waals surface area contributed by atoms with Crippen LogP contribution in [0.2, 0.25) is 0 Å². The predicted octanol–water partition coefficient (Wildman–Crippen LogP) is 2.95. The molecule has 0 saturated carbocycles. The Morgan fingerprint density at radius 2 is 1.89 bits per heavy atom. The lowest BCUT2D eigenvalue weighted by atomic mass is 10.1. The van der Waals surface area contributed by atoms with Gasteiger partial charge in [-0.05, 0) is 67.7 Å². The number of halogens is 2. The van der Waals surface area contributed by atoms with Crippen molar-refractivity contribution in [2.24, 2.45) is 0 Å². The molecule has 0 spiro atoms. The number of nitrogens with one attached hydrogen (secondary N) is 1. The molecule has 10 heteroatoms. The Labute approximate surface area is 218 Å². The van der Waals surface area contributed by atoms with Gasteiger partial charge >= 0.3 is 0 Å². The van der Waals surface area contributed by atoms with Crippen LogP contribution >= 0.6 is 0 Å². The van der Waals surface area contributed by atoms with E-state index in [0.29, 0.717) is 23.4 Å². The van der Waals surface area contributed by atoms with Crippen LogP contribution in [0.5, 0.6) is 5.75 Å². The Kier molecular flexibility index (Phi) is 8.45. The zero-order valence-electron chi connectivity index (χ0n) is 21.0. The number of carbonyl (C=O) groups excluding carboxylic acids is 1. The molecule has 2 aromatic heterocycles. The molecule has 8 nitrogen and oxygen atoms in total. The van der Waals surface area contributed by atoms with Crippen molar-refractivity contribution in [3.63, 3.8) is 0 Å². The minimum atomic E-state index is -1.01. The lowest BCUT2D eigenvalue weighted by Gasteiger charge is -2.17. The molecule has 0 radical (unpaired) electrons. The highest BCUT2D eigenvalue weighted by Gasteiger charge is 2.14. The van der Waals surface area contributed by atoms with Crippen molar-refractivity contribution in [3.8, 4) is 5.75 Å². The lowest BCUT2D eigenvalue weighted by molar-refractivity contribution is 0.0837. The summed E-state index contributed by atoms with van der Waals surface area (Å²) in [4.78, 5) is 31.9. The number of aliphatic hydroxyl groups is 1. The number of ether oxygens (including phenoxy) is 1. The van der Waals surface area contributed by atoms with Crippen LogP contribution in [0.15, 0.2) is 71.8 Å². The summed E-state index contributed by atoms with van der Waals surface area (Å²) in [5.41, 5.74) is 1.22. The molecular weight excluding hydrogens is 494 g/mol. The van der Waals surface area contributed by atoms with Gasteiger partial charge in [0.1, 0.15) is 24.0 Å². The second kappa shape index (κ2) is 11.9. The van der Waals surface area contributed by atoms with E-state index in [9.17, 15) is 23.5 Å². The number of nitrogens with zero attached hydrogens (tertiary/aromatic N) is 3. The first-order valence-corrected chi connectivity index (χ1v) is 12.0. The number of aliphatic hydroxyl groups excluding tert-OH is 1. The molecule has 38 heavy (non-hydrogen) atoms. The van der Waals surface area contributed by atoms with E-state index >= 15 is 0 Å². The van der Waals surface area contributed by atoms with Gasteiger partial charge < -0.3 is 24.6 Å². The van der Waals surface area contributed by atoms with Gasteiger partial charge in [0.2, 0.25) is 0 Å². The number of benzene rings is 2. The number of rotatable bonds is 10. The van der Waals surface area contributed by atoms with Crippen LogP contribution < -0.4 is 15.6 Å². The topological polar surface area (TPSA) is 96.7 Å². The zero-order chi connectivity index (χ0) is 27.2. The molecule has 0 aliphatic heterocycles. The van der Waals surface area contributed by atoms with E-state index in [2.05, 4.69) is 10.3 Å². The highest BCUT2D eigenvalue weighted by molar-refractivity contribution is 5.93. The number of pyridine rings is 2. The van der Waals surface area contributed by atoms with Crippen molar-refractivity contribution < 1.29 is 23.4 Å². The molecule has 0 aliphatic carbocycles. The number of hydrogen-bond donors (Lipinski definition) is 2. The molecule has 4 rings (SSSR count). The summed E-state index contributed by atoms with van der Waals surface area (Å²) >= 11 is 0. The van der Waals surface area contributed by atoms with Crippen LogP contribution in [0.4, 0.5) is 8.78 Å². The van der Waals surface area contributed by atoms with E-state index in [1.54, 1.807) is 24.4 Å². The molecule has 198 valence electrons. The monoisotopic (exact) mass is 522 g/mol. The molecule has 4 aromatic rings. The van der Waals surface area contributed by atoms with Crippen molar-refractivity contribution >= 4 is 16.8 Å². The Hall–Kier alpha value is -4.15. The summed E-state index contributed by atoms with van der Waals surface area (Å²) in [5, 5.41) is 13.6. The van der Waals surface area contributed by atoms with Crippen molar-refractivity contribution in [2.75, 3.05) is 27.2 Å². The predicted molar refractivity (Wildman–Crippen MR) is 139 cm³/mol. The van der Waals surface area contributed by atoms with Gasteiger partial charge in [0, 0.05) is 30.9 Å². The standard InChI is InChI=1S/C28H28F2N4O4/c1-33(2)16-20(35)17-38-26-9-10-31-25-8-6-18(12-22(25)26)14-32-27(36)21-4-3-11-34(28(21)37)15-19-5-7-23(29)24(30)13-19/h3-13,20,35H,14-17H2,1-2H3,(H,32,36). The van der Waals surface area contributed by atoms with Crippen LogP contribution in [0, 0.1) is 11.6 Å². The molecule has 1 unspecified atom stereocenters. The van der Waals surface area contributed by atoms with E-state index in [0.717, 1.165) is 23.1 Å². The first-order chi connectivity index (χ1) is 18.2. The summed E-state index contributed by atoms with van der Waals surface area (Å²) in [5.74, 6) is -1.99. The van der Waals surface area contributed by atoms with Gasteiger partial charge in [-0.3, -0.25) is 14.6 Å². The van der Waals surface area contributed by atoms with Gasteiger partial charge in [0.25, 0.3) is 11.5 Å². The summed E-state index contributed by atoms with van der Waals surface area (Å²) in [6.45, 7) is 0.704.